The molecule has 0 atom stereocenters. The first-order valence-corrected chi connectivity index (χ1v) is 11.0. The fourth-order valence-corrected chi connectivity index (χ4v) is 4.78. The van der Waals surface area contributed by atoms with Crippen molar-refractivity contribution >= 4 is 54.9 Å². The minimum absolute atomic E-state index is 0.116. The molecule has 1 aromatic carbocycles. The number of ether oxygens (including phenoxy) is 1. The summed E-state index contributed by atoms with van der Waals surface area (Å²) < 4.78 is 9.10. The van der Waals surface area contributed by atoms with Gasteiger partial charge in [-0.1, -0.05) is 27.7 Å². The van der Waals surface area contributed by atoms with Gasteiger partial charge in [0.1, 0.15) is 0 Å². The van der Waals surface area contributed by atoms with Crippen LogP contribution in [0.2, 0.25) is 0 Å². The maximum atomic E-state index is 13.0. The van der Waals surface area contributed by atoms with Crippen molar-refractivity contribution < 1.29 is 4.74 Å². The molecule has 3 aromatic heterocycles. The third kappa shape index (κ3) is 3.77. The first-order valence-electron chi connectivity index (χ1n) is 8.34. The standard InChI is InChI=1S/C18H15BrN4O3S2/c1-26-6-4-23-16(25)13-8-11(19)2-3-14(13)21-18(23)28-10-12-9-15(24)22-5-7-27-17(22)20-12/h2-3,5,7-9H,4,6,10H2,1H3. The van der Waals surface area contributed by atoms with Crippen LogP contribution < -0.4 is 11.1 Å². The zero-order valence-corrected chi connectivity index (χ0v) is 18.0. The molecule has 28 heavy (non-hydrogen) atoms. The second-order valence-corrected chi connectivity index (χ2v) is 8.67. The second-order valence-electron chi connectivity index (χ2n) is 5.94. The molecule has 0 saturated heterocycles. The van der Waals surface area contributed by atoms with Gasteiger partial charge in [0.2, 0.25) is 0 Å². The summed E-state index contributed by atoms with van der Waals surface area (Å²) in [5, 5.41) is 2.95. The Kier molecular flexibility index (Phi) is 5.63. The molecule has 0 bridgehead atoms. The third-order valence-electron chi connectivity index (χ3n) is 4.11. The van der Waals surface area contributed by atoms with Gasteiger partial charge in [-0.15, -0.1) is 11.3 Å². The number of thiazole rings is 1. The third-order valence-corrected chi connectivity index (χ3v) is 6.37. The van der Waals surface area contributed by atoms with Gasteiger partial charge in [0.15, 0.2) is 10.1 Å². The molecular weight excluding hydrogens is 464 g/mol. The summed E-state index contributed by atoms with van der Waals surface area (Å²) in [5.74, 6) is 0.436. The second kappa shape index (κ2) is 8.16. The number of rotatable bonds is 6. The lowest BCUT2D eigenvalue weighted by Gasteiger charge is -2.12. The summed E-state index contributed by atoms with van der Waals surface area (Å²) in [5.41, 5.74) is 1.05. The monoisotopic (exact) mass is 478 g/mol. The number of halogens is 1. The first kappa shape index (κ1) is 19.3. The van der Waals surface area contributed by atoms with Gasteiger partial charge in [-0.3, -0.25) is 18.6 Å². The molecule has 0 aliphatic rings. The molecule has 0 aliphatic carbocycles. The molecule has 10 heteroatoms. The summed E-state index contributed by atoms with van der Waals surface area (Å²) in [7, 11) is 1.59. The fourth-order valence-electron chi connectivity index (χ4n) is 2.76. The van der Waals surface area contributed by atoms with E-state index in [0.29, 0.717) is 45.6 Å². The van der Waals surface area contributed by atoms with Gasteiger partial charge in [0.05, 0.1) is 29.7 Å². The van der Waals surface area contributed by atoms with Crippen molar-refractivity contribution in [3.8, 4) is 0 Å². The van der Waals surface area contributed by atoms with Gasteiger partial charge in [-0.05, 0) is 18.2 Å². The number of thioether (sulfide) groups is 1. The number of hydrogen-bond acceptors (Lipinski definition) is 7. The van der Waals surface area contributed by atoms with E-state index in [2.05, 4.69) is 25.9 Å². The molecular formula is C18H15BrN4O3S2. The molecule has 0 amide bonds. The Morgan fingerprint density at radius 3 is 2.93 bits per heavy atom. The molecule has 7 nitrogen and oxygen atoms in total. The van der Waals surface area contributed by atoms with Gasteiger partial charge in [-0.25, -0.2) is 9.97 Å². The fraction of sp³-hybridized carbons (Fsp3) is 0.222. The zero-order chi connectivity index (χ0) is 19.7. The summed E-state index contributed by atoms with van der Waals surface area (Å²) in [6.45, 7) is 0.794. The topological polar surface area (TPSA) is 78.5 Å². The van der Waals surface area contributed by atoms with E-state index in [1.54, 1.807) is 23.9 Å². The smallest absolute Gasteiger partial charge is 0.262 e. The van der Waals surface area contributed by atoms with Crippen LogP contribution in [0, 0.1) is 0 Å². The average Bonchev–Trinajstić information content (AvgIpc) is 3.16. The minimum atomic E-state index is -0.118. The highest BCUT2D eigenvalue weighted by Crippen LogP contribution is 2.23. The van der Waals surface area contributed by atoms with Crippen molar-refractivity contribution in [1.29, 1.82) is 0 Å². The van der Waals surface area contributed by atoms with E-state index in [0.717, 1.165) is 4.47 Å². The summed E-state index contributed by atoms with van der Waals surface area (Å²) in [6, 6.07) is 6.96. The van der Waals surface area contributed by atoms with Crippen molar-refractivity contribution in [2.24, 2.45) is 0 Å². The Hall–Kier alpha value is -2.01. The number of nitrogens with zero attached hydrogens (tertiary/aromatic N) is 4. The van der Waals surface area contributed by atoms with Crippen LogP contribution in [0.5, 0.6) is 0 Å². The largest absolute Gasteiger partial charge is 0.383 e. The molecule has 4 aromatic rings. The summed E-state index contributed by atoms with van der Waals surface area (Å²) in [6.07, 6.45) is 1.71. The van der Waals surface area contributed by atoms with E-state index in [1.807, 2.05) is 17.5 Å². The number of benzene rings is 1. The molecule has 144 valence electrons. The predicted molar refractivity (Wildman–Crippen MR) is 114 cm³/mol. The minimum Gasteiger partial charge on any atom is -0.383 e. The van der Waals surface area contributed by atoms with Crippen molar-refractivity contribution in [2.75, 3.05) is 13.7 Å². The van der Waals surface area contributed by atoms with Crippen molar-refractivity contribution in [1.82, 2.24) is 18.9 Å². The molecule has 0 aliphatic heterocycles. The van der Waals surface area contributed by atoms with Crippen molar-refractivity contribution in [3.63, 3.8) is 0 Å². The number of aromatic nitrogens is 4. The normalized spacial score (nSPS) is 11.5. The maximum Gasteiger partial charge on any atom is 0.262 e. The summed E-state index contributed by atoms with van der Waals surface area (Å²) >= 11 is 6.19. The lowest BCUT2D eigenvalue weighted by Crippen LogP contribution is -2.25. The van der Waals surface area contributed by atoms with E-state index in [1.165, 1.54) is 33.6 Å². The Bertz CT molecular complexity index is 1280. The summed E-state index contributed by atoms with van der Waals surface area (Å²) in [4.78, 5) is 35.0. The number of hydrogen-bond donors (Lipinski definition) is 0. The SMILES string of the molecule is COCCn1c(SCc2cc(=O)n3ccsc3n2)nc2ccc(Br)cc2c1=O. The average molecular weight is 479 g/mol. The molecule has 4 rings (SSSR count). The van der Waals surface area contributed by atoms with Crippen LogP contribution in [-0.4, -0.2) is 32.7 Å². The highest BCUT2D eigenvalue weighted by atomic mass is 79.9. The van der Waals surface area contributed by atoms with Crippen LogP contribution in [0.3, 0.4) is 0 Å². The van der Waals surface area contributed by atoms with Crippen LogP contribution in [0.15, 0.2) is 55.1 Å². The lowest BCUT2D eigenvalue weighted by atomic mass is 10.2. The number of methoxy groups -OCH3 is 1. The van der Waals surface area contributed by atoms with Gasteiger partial charge >= 0.3 is 0 Å². The van der Waals surface area contributed by atoms with E-state index in [-0.39, 0.29) is 11.1 Å². The van der Waals surface area contributed by atoms with Gasteiger partial charge in [0.25, 0.3) is 11.1 Å². The Balaban J connectivity index is 1.72. The van der Waals surface area contributed by atoms with Crippen LogP contribution in [0.4, 0.5) is 0 Å². The van der Waals surface area contributed by atoms with Gasteiger partial charge in [0, 0.05) is 35.0 Å². The lowest BCUT2D eigenvalue weighted by molar-refractivity contribution is 0.183. The molecule has 0 N–H and O–H groups in total. The van der Waals surface area contributed by atoms with Gasteiger partial charge in [-0.2, -0.15) is 0 Å². The van der Waals surface area contributed by atoms with Crippen LogP contribution in [0.1, 0.15) is 5.69 Å². The highest BCUT2D eigenvalue weighted by Gasteiger charge is 2.13. The van der Waals surface area contributed by atoms with Crippen molar-refractivity contribution in [3.05, 3.63) is 66.7 Å². The molecule has 0 spiro atoms. The van der Waals surface area contributed by atoms with E-state index in [4.69, 9.17) is 4.74 Å². The molecule has 3 heterocycles. The molecule has 0 unspecified atom stereocenters. The predicted octanol–water partition coefficient (Wildman–Crippen LogP) is 3.17. The van der Waals surface area contributed by atoms with E-state index in [9.17, 15) is 9.59 Å². The maximum absolute atomic E-state index is 13.0. The highest BCUT2D eigenvalue weighted by molar-refractivity contribution is 9.10. The molecule has 0 radical (unpaired) electrons. The van der Waals surface area contributed by atoms with Crippen molar-refractivity contribution in [2.45, 2.75) is 17.5 Å². The molecule has 0 saturated carbocycles. The Labute approximate surface area is 176 Å². The van der Waals surface area contributed by atoms with E-state index >= 15 is 0 Å². The van der Waals surface area contributed by atoms with Crippen LogP contribution in [-0.2, 0) is 17.0 Å². The number of fused-ring (bicyclic) bond motifs is 2. The quantitative estimate of drug-likeness (QED) is 0.312. The molecule has 0 fully saturated rings. The van der Waals surface area contributed by atoms with E-state index < -0.39 is 0 Å². The van der Waals surface area contributed by atoms with Crippen LogP contribution in [0.25, 0.3) is 15.9 Å². The Morgan fingerprint density at radius 2 is 2.11 bits per heavy atom. The first-order chi connectivity index (χ1) is 13.6. The van der Waals surface area contributed by atoms with Crippen LogP contribution >= 0.6 is 39.0 Å². The zero-order valence-electron chi connectivity index (χ0n) is 14.8. The Morgan fingerprint density at radius 1 is 1.25 bits per heavy atom. The van der Waals surface area contributed by atoms with Gasteiger partial charge < -0.3 is 4.74 Å².